The smallest absolute Gasteiger partial charge is 0.251 e. The fraction of sp³-hybridized carbons (Fsp3) is 0.400. The van der Waals surface area contributed by atoms with Gasteiger partial charge in [0.2, 0.25) is 11.8 Å². The van der Waals surface area contributed by atoms with Crippen molar-refractivity contribution < 1.29 is 14.4 Å². The van der Waals surface area contributed by atoms with Crippen LogP contribution in [0.25, 0.3) is 0 Å². The molecule has 0 radical (unpaired) electrons. The summed E-state index contributed by atoms with van der Waals surface area (Å²) in [5.41, 5.74) is 1.62. The van der Waals surface area contributed by atoms with Gasteiger partial charge in [-0.3, -0.25) is 14.4 Å². The highest BCUT2D eigenvalue weighted by Crippen LogP contribution is 2.23. The van der Waals surface area contributed by atoms with Crippen LogP contribution in [0.4, 0.5) is 5.69 Å². The second-order valence-electron chi connectivity index (χ2n) is 6.08. The predicted molar refractivity (Wildman–Crippen MR) is 79.0 cm³/mol. The maximum atomic E-state index is 12.0. The topological polar surface area (TPSA) is 87.3 Å². The van der Waals surface area contributed by atoms with Gasteiger partial charge in [-0.15, -0.1) is 0 Å². The molecule has 0 fully saturated rings. The first-order valence-corrected chi connectivity index (χ1v) is 6.76. The van der Waals surface area contributed by atoms with Crippen molar-refractivity contribution in [2.24, 2.45) is 0 Å². The van der Waals surface area contributed by atoms with Gasteiger partial charge in [-0.1, -0.05) is 6.07 Å². The van der Waals surface area contributed by atoms with Gasteiger partial charge in [0, 0.05) is 16.8 Å². The predicted octanol–water partition coefficient (Wildman–Crippen LogP) is 0.826. The quantitative estimate of drug-likeness (QED) is 0.770. The van der Waals surface area contributed by atoms with E-state index in [9.17, 15) is 14.4 Å². The zero-order valence-corrected chi connectivity index (χ0v) is 12.4. The van der Waals surface area contributed by atoms with E-state index in [1.54, 1.807) is 18.2 Å². The molecule has 1 aromatic carbocycles. The van der Waals surface area contributed by atoms with Crippen LogP contribution in [0.5, 0.6) is 0 Å². The molecule has 3 amide bonds. The lowest BCUT2D eigenvalue weighted by molar-refractivity contribution is -0.121. The maximum absolute atomic E-state index is 12.0. The van der Waals surface area contributed by atoms with Gasteiger partial charge >= 0.3 is 0 Å². The van der Waals surface area contributed by atoms with Crippen molar-refractivity contribution in [1.82, 2.24) is 10.6 Å². The van der Waals surface area contributed by atoms with Crippen LogP contribution in [0.1, 0.15) is 36.7 Å². The minimum atomic E-state index is -0.344. The first-order valence-electron chi connectivity index (χ1n) is 6.76. The van der Waals surface area contributed by atoms with Gasteiger partial charge in [-0.2, -0.15) is 0 Å². The second-order valence-corrected chi connectivity index (χ2v) is 6.08. The first kappa shape index (κ1) is 15.0. The molecule has 0 bridgehead atoms. The number of anilines is 1. The summed E-state index contributed by atoms with van der Waals surface area (Å²) in [6, 6.07) is 5.02. The molecule has 3 N–H and O–H groups in total. The highest BCUT2D eigenvalue weighted by Gasteiger charge is 2.19. The summed E-state index contributed by atoms with van der Waals surface area (Å²) in [7, 11) is 0. The number of benzene rings is 1. The molecule has 21 heavy (non-hydrogen) atoms. The Morgan fingerprint density at radius 3 is 2.67 bits per heavy atom. The van der Waals surface area contributed by atoms with Crippen molar-refractivity contribution in [3.05, 3.63) is 29.3 Å². The molecule has 112 valence electrons. The van der Waals surface area contributed by atoms with Crippen LogP contribution >= 0.6 is 0 Å². The van der Waals surface area contributed by atoms with Crippen molar-refractivity contribution in [3.63, 3.8) is 0 Å². The van der Waals surface area contributed by atoms with Gasteiger partial charge in [-0.05, 0) is 38.5 Å². The number of amides is 3. The Hall–Kier alpha value is -2.37. The summed E-state index contributed by atoms with van der Waals surface area (Å²) in [6.07, 6.45) is 0.339. The molecular formula is C15H19N3O3. The van der Waals surface area contributed by atoms with Crippen LogP contribution in [-0.2, 0) is 16.0 Å². The van der Waals surface area contributed by atoms with Crippen LogP contribution in [0, 0.1) is 0 Å². The molecule has 0 aliphatic carbocycles. The van der Waals surface area contributed by atoms with Crippen molar-refractivity contribution in [3.8, 4) is 0 Å². The van der Waals surface area contributed by atoms with E-state index in [1.807, 2.05) is 20.8 Å². The zero-order valence-electron chi connectivity index (χ0n) is 12.4. The Kier molecular flexibility index (Phi) is 3.97. The van der Waals surface area contributed by atoms with Gasteiger partial charge in [0.15, 0.2) is 0 Å². The highest BCUT2D eigenvalue weighted by molar-refractivity contribution is 6.02. The number of nitrogens with one attached hydrogen (secondary N) is 3. The summed E-state index contributed by atoms with van der Waals surface area (Å²) in [5.74, 6) is -0.666. The highest BCUT2D eigenvalue weighted by atomic mass is 16.2. The Morgan fingerprint density at radius 1 is 1.29 bits per heavy atom. The maximum Gasteiger partial charge on any atom is 0.251 e. The molecule has 0 aromatic heterocycles. The standard InChI is InChI=1S/C15H19N3O3/c1-15(2,3)18-13(20)8-16-14(21)10-5-4-9-7-12(19)17-11(9)6-10/h4-6H,7-8H2,1-3H3,(H,16,21)(H,17,19)(H,18,20). The van der Waals surface area contributed by atoms with E-state index >= 15 is 0 Å². The fourth-order valence-electron chi connectivity index (χ4n) is 2.08. The molecule has 6 nitrogen and oxygen atoms in total. The summed E-state index contributed by atoms with van der Waals surface area (Å²) < 4.78 is 0. The van der Waals surface area contributed by atoms with E-state index in [2.05, 4.69) is 16.0 Å². The minimum absolute atomic E-state index is 0.0767. The third kappa shape index (κ3) is 4.05. The largest absolute Gasteiger partial charge is 0.350 e. The molecule has 0 unspecified atom stereocenters. The van der Waals surface area contributed by atoms with Crippen LogP contribution in [0.3, 0.4) is 0 Å². The van der Waals surface area contributed by atoms with Crippen molar-refractivity contribution >= 4 is 23.4 Å². The van der Waals surface area contributed by atoms with E-state index in [0.717, 1.165) is 5.56 Å². The van der Waals surface area contributed by atoms with Crippen molar-refractivity contribution in [2.75, 3.05) is 11.9 Å². The van der Waals surface area contributed by atoms with Crippen molar-refractivity contribution in [2.45, 2.75) is 32.7 Å². The summed E-state index contributed by atoms with van der Waals surface area (Å²) >= 11 is 0. The summed E-state index contributed by atoms with van der Waals surface area (Å²) in [4.78, 5) is 34.9. The molecule has 1 heterocycles. The average molecular weight is 289 g/mol. The van der Waals surface area contributed by atoms with Gasteiger partial charge in [0.1, 0.15) is 0 Å². The zero-order chi connectivity index (χ0) is 15.6. The van der Waals surface area contributed by atoms with E-state index in [0.29, 0.717) is 17.7 Å². The van der Waals surface area contributed by atoms with Crippen LogP contribution in [-0.4, -0.2) is 29.8 Å². The van der Waals surface area contributed by atoms with E-state index in [1.165, 1.54) is 0 Å². The Balaban J connectivity index is 1.94. The second kappa shape index (κ2) is 5.55. The Labute approximate surface area is 123 Å². The van der Waals surface area contributed by atoms with Gasteiger partial charge in [-0.25, -0.2) is 0 Å². The third-order valence-electron chi connectivity index (χ3n) is 2.92. The molecule has 2 rings (SSSR count). The van der Waals surface area contributed by atoms with E-state index < -0.39 is 0 Å². The van der Waals surface area contributed by atoms with Crippen LogP contribution in [0.15, 0.2) is 18.2 Å². The molecule has 0 atom stereocenters. The molecule has 0 spiro atoms. The number of carbonyl (C=O) groups excluding carboxylic acids is 3. The minimum Gasteiger partial charge on any atom is -0.350 e. The van der Waals surface area contributed by atoms with Gasteiger partial charge in [0.05, 0.1) is 13.0 Å². The monoisotopic (exact) mass is 289 g/mol. The molecule has 1 aliphatic rings. The molecular weight excluding hydrogens is 270 g/mol. The molecule has 1 aromatic rings. The fourth-order valence-corrected chi connectivity index (χ4v) is 2.08. The van der Waals surface area contributed by atoms with Crippen molar-refractivity contribution in [1.29, 1.82) is 0 Å². The Morgan fingerprint density at radius 2 is 2.00 bits per heavy atom. The summed E-state index contributed by atoms with van der Waals surface area (Å²) in [5, 5.41) is 8.01. The Bertz CT molecular complexity index is 603. The molecule has 0 saturated heterocycles. The van der Waals surface area contributed by atoms with E-state index in [4.69, 9.17) is 0 Å². The van der Waals surface area contributed by atoms with Gasteiger partial charge < -0.3 is 16.0 Å². The number of hydrogen-bond acceptors (Lipinski definition) is 3. The third-order valence-corrected chi connectivity index (χ3v) is 2.92. The van der Waals surface area contributed by atoms with Crippen LogP contribution < -0.4 is 16.0 Å². The lowest BCUT2D eigenvalue weighted by Crippen LogP contribution is -2.45. The first-order chi connectivity index (χ1) is 9.74. The number of fused-ring (bicyclic) bond motifs is 1. The lowest BCUT2D eigenvalue weighted by Gasteiger charge is -2.20. The summed E-state index contributed by atoms with van der Waals surface area (Å²) in [6.45, 7) is 5.53. The molecule has 1 aliphatic heterocycles. The molecule has 6 heteroatoms. The normalized spacial score (nSPS) is 13.4. The SMILES string of the molecule is CC(C)(C)NC(=O)CNC(=O)c1ccc2c(c1)NC(=O)C2. The van der Waals surface area contributed by atoms with Gasteiger partial charge in [0.25, 0.3) is 5.91 Å². The average Bonchev–Trinajstić information content (AvgIpc) is 2.72. The lowest BCUT2D eigenvalue weighted by atomic mass is 10.1. The number of hydrogen-bond donors (Lipinski definition) is 3. The molecule has 0 saturated carbocycles. The van der Waals surface area contributed by atoms with Crippen LogP contribution in [0.2, 0.25) is 0 Å². The number of carbonyl (C=O) groups is 3. The number of rotatable bonds is 3. The van der Waals surface area contributed by atoms with E-state index in [-0.39, 0.29) is 29.8 Å².